The van der Waals surface area contributed by atoms with Crippen molar-refractivity contribution in [3.63, 3.8) is 0 Å². The Labute approximate surface area is 212 Å². The molecule has 0 heterocycles. The van der Waals surface area contributed by atoms with Gasteiger partial charge < -0.3 is 20.5 Å². The number of carboxylic acids is 1. The minimum Gasteiger partial charge on any atom is -0.495 e. The van der Waals surface area contributed by atoms with Crippen molar-refractivity contribution in [3.05, 3.63) is 95.0 Å². The van der Waals surface area contributed by atoms with Gasteiger partial charge in [0.15, 0.2) is 0 Å². The van der Waals surface area contributed by atoms with E-state index >= 15 is 0 Å². The number of amides is 2. The van der Waals surface area contributed by atoms with Gasteiger partial charge in [0, 0.05) is 33.8 Å². The van der Waals surface area contributed by atoms with E-state index in [-0.39, 0.29) is 5.91 Å². The maximum atomic E-state index is 13.4. The summed E-state index contributed by atoms with van der Waals surface area (Å²) < 4.78 is 5.38. The Kier molecular flexibility index (Phi) is 8.94. The van der Waals surface area contributed by atoms with Gasteiger partial charge in [0.05, 0.1) is 12.8 Å². The molecule has 0 aromatic heterocycles. The highest BCUT2D eigenvalue weighted by atomic mass is 35.5. The molecule has 0 saturated carbocycles. The van der Waals surface area contributed by atoms with E-state index in [9.17, 15) is 14.4 Å². The summed E-state index contributed by atoms with van der Waals surface area (Å²) >= 11 is 7.50. The van der Waals surface area contributed by atoms with Gasteiger partial charge in [-0.3, -0.25) is 9.59 Å². The molecule has 1 atom stereocenters. The van der Waals surface area contributed by atoms with Crippen LogP contribution in [0.4, 0.5) is 11.4 Å². The van der Waals surface area contributed by atoms with Gasteiger partial charge >= 0.3 is 5.97 Å². The first-order chi connectivity index (χ1) is 16.8. The van der Waals surface area contributed by atoms with Gasteiger partial charge in [-0.2, -0.15) is 0 Å². The minimum absolute atomic E-state index is 0.264. The van der Waals surface area contributed by atoms with Gasteiger partial charge in [-0.1, -0.05) is 48.0 Å². The standard InChI is InChI=1S/C26H23ClN2O5S/c1-16-13-21(22(34-2)15-20(16)27)29-26(33)25(17-7-4-3-5-8-17)35-19-10-6-9-18(14-19)28-23(30)11-12-24(31)32/h3-15,25H,1-2H3,(H,28,30)(H,29,33)(H,31,32). The third kappa shape index (κ3) is 7.37. The molecule has 35 heavy (non-hydrogen) atoms. The van der Waals surface area contributed by atoms with Crippen molar-refractivity contribution in [2.24, 2.45) is 0 Å². The third-order valence-corrected chi connectivity index (χ3v) is 6.47. The van der Waals surface area contributed by atoms with Crippen LogP contribution in [0.1, 0.15) is 16.4 Å². The molecule has 0 saturated heterocycles. The van der Waals surface area contributed by atoms with Gasteiger partial charge in [0.1, 0.15) is 11.0 Å². The number of methoxy groups -OCH3 is 1. The second-order valence-corrected chi connectivity index (χ2v) is 8.97. The molecule has 0 aliphatic rings. The SMILES string of the molecule is COc1cc(Cl)c(C)cc1NC(=O)C(Sc1cccc(NC(=O)C=CC(=O)O)c1)c1ccccc1. The second-order valence-electron chi connectivity index (χ2n) is 7.39. The van der Waals surface area contributed by atoms with Crippen molar-refractivity contribution in [3.8, 4) is 5.75 Å². The van der Waals surface area contributed by atoms with Crippen LogP contribution in [0.3, 0.4) is 0 Å². The van der Waals surface area contributed by atoms with E-state index in [0.717, 1.165) is 28.2 Å². The maximum absolute atomic E-state index is 13.4. The minimum atomic E-state index is -1.21. The monoisotopic (exact) mass is 510 g/mol. The normalized spacial score (nSPS) is 11.6. The Morgan fingerprint density at radius 3 is 2.43 bits per heavy atom. The number of thioether (sulfide) groups is 1. The van der Waals surface area contributed by atoms with Crippen LogP contribution in [0.25, 0.3) is 0 Å². The van der Waals surface area contributed by atoms with Crippen LogP contribution >= 0.6 is 23.4 Å². The smallest absolute Gasteiger partial charge is 0.328 e. The lowest BCUT2D eigenvalue weighted by Gasteiger charge is -2.19. The number of halogens is 1. The largest absolute Gasteiger partial charge is 0.495 e. The number of rotatable bonds is 9. The molecule has 0 fully saturated rings. The molecule has 1 unspecified atom stereocenters. The molecule has 7 nitrogen and oxygen atoms in total. The van der Waals surface area contributed by atoms with Gasteiger partial charge in [0.2, 0.25) is 11.8 Å². The van der Waals surface area contributed by atoms with Crippen molar-refractivity contribution in [1.29, 1.82) is 0 Å². The van der Waals surface area contributed by atoms with Crippen molar-refractivity contribution in [2.75, 3.05) is 17.7 Å². The zero-order valence-corrected chi connectivity index (χ0v) is 20.5. The van der Waals surface area contributed by atoms with Crippen LogP contribution in [0.5, 0.6) is 5.75 Å². The van der Waals surface area contributed by atoms with Gasteiger partial charge in [-0.05, 0) is 42.3 Å². The molecule has 2 amide bonds. The summed E-state index contributed by atoms with van der Waals surface area (Å²) in [5.41, 5.74) is 2.56. The third-order valence-electron chi connectivity index (χ3n) is 4.81. The van der Waals surface area contributed by atoms with E-state index < -0.39 is 17.1 Å². The molecule has 3 aromatic carbocycles. The van der Waals surface area contributed by atoms with E-state index in [4.69, 9.17) is 21.4 Å². The first kappa shape index (κ1) is 25.9. The summed E-state index contributed by atoms with van der Waals surface area (Å²) in [6.07, 6.45) is 1.69. The Balaban J connectivity index is 1.86. The quantitative estimate of drug-likeness (QED) is 0.251. The molecular formula is C26H23ClN2O5S. The highest BCUT2D eigenvalue weighted by Crippen LogP contribution is 2.38. The molecule has 3 rings (SSSR count). The molecule has 0 radical (unpaired) electrons. The lowest BCUT2D eigenvalue weighted by atomic mass is 10.1. The highest BCUT2D eigenvalue weighted by molar-refractivity contribution is 8.00. The van der Waals surface area contributed by atoms with Crippen LogP contribution in [-0.4, -0.2) is 30.0 Å². The Hall–Kier alpha value is -3.75. The lowest BCUT2D eigenvalue weighted by Crippen LogP contribution is -2.19. The highest BCUT2D eigenvalue weighted by Gasteiger charge is 2.24. The number of nitrogens with one attached hydrogen (secondary N) is 2. The molecule has 9 heteroatoms. The predicted octanol–water partition coefficient (Wildman–Crippen LogP) is 5.71. The van der Waals surface area contributed by atoms with E-state index in [2.05, 4.69) is 10.6 Å². The van der Waals surface area contributed by atoms with E-state index in [1.165, 1.54) is 18.9 Å². The van der Waals surface area contributed by atoms with Crippen LogP contribution in [-0.2, 0) is 14.4 Å². The van der Waals surface area contributed by atoms with Crippen molar-refractivity contribution >= 4 is 52.5 Å². The maximum Gasteiger partial charge on any atom is 0.328 e. The fourth-order valence-corrected chi connectivity index (χ4v) is 4.38. The van der Waals surface area contributed by atoms with Crippen molar-refractivity contribution in [2.45, 2.75) is 17.1 Å². The molecule has 0 bridgehead atoms. The van der Waals surface area contributed by atoms with Crippen LogP contribution < -0.4 is 15.4 Å². The first-order valence-electron chi connectivity index (χ1n) is 10.5. The van der Waals surface area contributed by atoms with Gasteiger partial charge in [-0.15, -0.1) is 11.8 Å². The summed E-state index contributed by atoms with van der Waals surface area (Å²) in [5, 5.41) is 14.2. The number of hydrogen-bond acceptors (Lipinski definition) is 5. The summed E-state index contributed by atoms with van der Waals surface area (Å²) in [6, 6.07) is 19.7. The number of ether oxygens (including phenoxy) is 1. The number of benzene rings is 3. The van der Waals surface area contributed by atoms with Crippen molar-refractivity contribution < 1.29 is 24.2 Å². The summed E-state index contributed by atoms with van der Waals surface area (Å²) in [4.78, 5) is 36.7. The number of hydrogen-bond donors (Lipinski definition) is 3. The molecule has 0 aliphatic heterocycles. The molecule has 3 N–H and O–H groups in total. The number of aliphatic carboxylic acids is 1. The van der Waals surface area contributed by atoms with E-state index in [1.807, 2.05) is 43.3 Å². The average Bonchev–Trinajstić information content (AvgIpc) is 2.84. The molecule has 0 aliphatic carbocycles. The van der Waals surface area contributed by atoms with E-state index in [0.29, 0.717) is 22.1 Å². The zero-order chi connectivity index (χ0) is 25.4. The van der Waals surface area contributed by atoms with E-state index in [1.54, 1.807) is 30.3 Å². The first-order valence-corrected chi connectivity index (χ1v) is 11.7. The van der Waals surface area contributed by atoms with Gasteiger partial charge in [-0.25, -0.2) is 4.79 Å². The fraction of sp³-hybridized carbons (Fsp3) is 0.115. The van der Waals surface area contributed by atoms with Crippen LogP contribution in [0, 0.1) is 6.92 Å². The molecule has 180 valence electrons. The Morgan fingerprint density at radius 2 is 1.74 bits per heavy atom. The average molecular weight is 511 g/mol. The van der Waals surface area contributed by atoms with Crippen LogP contribution in [0.15, 0.2) is 83.8 Å². The molecule has 3 aromatic rings. The topological polar surface area (TPSA) is 105 Å². The Morgan fingerprint density at radius 1 is 1.00 bits per heavy atom. The molecule has 0 spiro atoms. The van der Waals surface area contributed by atoms with Crippen LogP contribution in [0.2, 0.25) is 5.02 Å². The number of anilines is 2. The van der Waals surface area contributed by atoms with Gasteiger partial charge in [0.25, 0.3) is 0 Å². The van der Waals surface area contributed by atoms with Crippen molar-refractivity contribution in [1.82, 2.24) is 0 Å². The lowest BCUT2D eigenvalue weighted by molar-refractivity contribution is -0.131. The Bertz CT molecular complexity index is 1260. The summed E-state index contributed by atoms with van der Waals surface area (Å²) in [7, 11) is 1.51. The number of carboxylic acid groups (broad SMARTS) is 1. The fourth-order valence-electron chi connectivity index (χ4n) is 3.14. The number of aryl methyl sites for hydroxylation is 1. The summed E-state index contributed by atoms with van der Waals surface area (Å²) in [5.74, 6) is -1.60. The second kappa shape index (κ2) is 12.1. The molecular weight excluding hydrogens is 488 g/mol. The zero-order valence-electron chi connectivity index (χ0n) is 18.9. The predicted molar refractivity (Wildman–Crippen MR) is 138 cm³/mol. The summed E-state index contributed by atoms with van der Waals surface area (Å²) in [6.45, 7) is 1.84. The number of carbonyl (C=O) groups is 3. The number of carbonyl (C=O) groups excluding carboxylic acids is 2.